The van der Waals surface area contributed by atoms with Crippen molar-refractivity contribution < 1.29 is 9.47 Å². The van der Waals surface area contributed by atoms with Gasteiger partial charge in [0, 0.05) is 35.4 Å². The van der Waals surface area contributed by atoms with Crippen LogP contribution in [0.5, 0.6) is 5.75 Å². The second-order valence-electron chi connectivity index (χ2n) is 5.99. The molecule has 0 radical (unpaired) electrons. The largest absolute Gasteiger partial charge is 0.497 e. The van der Waals surface area contributed by atoms with E-state index in [1.165, 1.54) is 0 Å². The topological polar surface area (TPSA) is 92.4 Å². The number of aromatic nitrogens is 2. The number of halogens is 1. The summed E-state index contributed by atoms with van der Waals surface area (Å²) in [4.78, 5) is 8.72. The van der Waals surface area contributed by atoms with Crippen molar-refractivity contribution in [2.24, 2.45) is 5.10 Å². The molecule has 7 nitrogen and oxygen atoms in total. The summed E-state index contributed by atoms with van der Waals surface area (Å²) < 4.78 is 10.4. The normalized spacial score (nSPS) is 11.0. The zero-order valence-electron chi connectivity index (χ0n) is 15.7. The molecular weight excluding hydrogens is 378 g/mol. The van der Waals surface area contributed by atoms with Crippen LogP contribution in [0.15, 0.2) is 35.4 Å². The molecule has 8 heteroatoms. The summed E-state index contributed by atoms with van der Waals surface area (Å²) in [6.07, 6.45) is 1.54. The number of hydrogen-bond donors (Lipinski definition) is 1. The van der Waals surface area contributed by atoms with Crippen LogP contribution in [0, 0.1) is 18.3 Å². The predicted octanol–water partition coefficient (Wildman–Crippen LogP) is 4.06. The van der Waals surface area contributed by atoms with Gasteiger partial charge in [0.05, 0.1) is 25.4 Å². The Morgan fingerprint density at radius 1 is 1.25 bits per heavy atom. The van der Waals surface area contributed by atoms with E-state index in [1.807, 2.05) is 37.3 Å². The van der Waals surface area contributed by atoms with E-state index < -0.39 is 0 Å². The van der Waals surface area contributed by atoms with Gasteiger partial charge in [-0.2, -0.15) is 10.4 Å². The highest BCUT2D eigenvalue weighted by molar-refractivity contribution is 6.32. The lowest BCUT2D eigenvalue weighted by Crippen LogP contribution is -2.03. The quantitative estimate of drug-likeness (QED) is 0.384. The van der Waals surface area contributed by atoms with Gasteiger partial charge in [0.2, 0.25) is 0 Å². The summed E-state index contributed by atoms with van der Waals surface area (Å²) in [5.41, 5.74) is 6.07. The number of ether oxygens (including phenoxy) is 2. The van der Waals surface area contributed by atoms with Crippen molar-refractivity contribution in [3.63, 3.8) is 0 Å². The number of nitriles is 1. The zero-order valence-corrected chi connectivity index (χ0v) is 16.4. The van der Waals surface area contributed by atoms with E-state index >= 15 is 0 Å². The Kier molecular flexibility index (Phi) is 6.04. The Labute approximate surface area is 167 Å². The zero-order chi connectivity index (χ0) is 20.1. The summed E-state index contributed by atoms with van der Waals surface area (Å²) in [6.45, 7) is 2.15. The fraction of sp³-hybridized carbons (Fsp3) is 0.200. The number of hydrazone groups is 1. The minimum Gasteiger partial charge on any atom is -0.497 e. The monoisotopic (exact) mass is 395 g/mol. The third-order valence-corrected chi connectivity index (χ3v) is 4.32. The molecule has 0 saturated carbocycles. The molecule has 1 aromatic carbocycles. The Balaban J connectivity index is 1.89. The molecule has 1 N–H and O–H groups in total. The lowest BCUT2D eigenvalue weighted by Gasteiger charge is -2.09. The fourth-order valence-corrected chi connectivity index (χ4v) is 2.93. The SMILES string of the molecule is COCc1cc(C)nc(NN=Cc2cc3ccc(OC)cc3nc2Cl)c1C#N. The highest BCUT2D eigenvalue weighted by atomic mass is 35.5. The molecule has 3 rings (SSSR count). The first-order chi connectivity index (χ1) is 13.5. The molecule has 3 aromatic rings. The van der Waals surface area contributed by atoms with Crippen molar-refractivity contribution in [1.29, 1.82) is 5.26 Å². The molecule has 0 aliphatic carbocycles. The predicted molar refractivity (Wildman–Crippen MR) is 109 cm³/mol. The second-order valence-corrected chi connectivity index (χ2v) is 6.35. The first-order valence-electron chi connectivity index (χ1n) is 8.38. The van der Waals surface area contributed by atoms with Gasteiger partial charge < -0.3 is 9.47 Å². The fourth-order valence-electron chi connectivity index (χ4n) is 2.74. The molecule has 0 aliphatic heterocycles. The Hall–Kier alpha value is -3.21. The van der Waals surface area contributed by atoms with Crippen molar-refractivity contribution in [3.05, 3.63) is 57.9 Å². The highest BCUT2D eigenvalue weighted by Crippen LogP contribution is 2.24. The van der Waals surface area contributed by atoms with Gasteiger partial charge >= 0.3 is 0 Å². The number of fused-ring (bicyclic) bond motifs is 1. The minimum absolute atomic E-state index is 0.309. The molecule has 0 unspecified atom stereocenters. The van der Waals surface area contributed by atoms with E-state index in [1.54, 1.807) is 20.4 Å². The second kappa shape index (κ2) is 8.65. The standard InChI is InChI=1S/C20H18ClN5O2/c1-12-6-15(11-27-2)17(9-22)20(24-12)26-23-10-14-7-13-4-5-16(28-3)8-18(13)25-19(14)21/h4-8,10H,11H2,1-3H3,(H,24,26). The van der Waals surface area contributed by atoms with Crippen molar-refractivity contribution in [1.82, 2.24) is 9.97 Å². The maximum absolute atomic E-state index is 9.46. The number of nitrogens with zero attached hydrogens (tertiary/aromatic N) is 4. The van der Waals surface area contributed by atoms with E-state index in [9.17, 15) is 5.26 Å². The maximum Gasteiger partial charge on any atom is 0.164 e. The molecular formula is C20H18ClN5O2. The molecule has 2 heterocycles. The molecule has 0 bridgehead atoms. The van der Waals surface area contributed by atoms with Gasteiger partial charge in [-0.3, -0.25) is 5.43 Å². The van der Waals surface area contributed by atoms with Crippen LogP contribution in [-0.4, -0.2) is 30.4 Å². The van der Waals surface area contributed by atoms with Gasteiger partial charge in [-0.15, -0.1) is 0 Å². The van der Waals surface area contributed by atoms with Gasteiger partial charge in [-0.1, -0.05) is 11.6 Å². The number of pyridine rings is 2. The number of methoxy groups -OCH3 is 2. The Bertz CT molecular complexity index is 1090. The van der Waals surface area contributed by atoms with E-state index in [0.717, 1.165) is 22.2 Å². The molecule has 0 spiro atoms. The van der Waals surface area contributed by atoms with Gasteiger partial charge in [0.15, 0.2) is 5.82 Å². The molecule has 0 saturated heterocycles. The third-order valence-electron chi connectivity index (χ3n) is 4.02. The van der Waals surface area contributed by atoms with E-state index in [0.29, 0.717) is 34.5 Å². The molecule has 0 aliphatic rings. The van der Waals surface area contributed by atoms with E-state index in [4.69, 9.17) is 21.1 Å². The molecule has 2 aromatic heterocycles. The van der Waals surface area contributed by atoms with Crippen LogP contribution in [0.25, 0.3) is 10.9 Å². The average molecular weight is 396 g/mol. The lowest BCUT2D eigenvalue weighted by molar-refractivity contribution is 0.184. The van der Waals surface area contributed by atoms with Crippen LogP contribution >= 0.6 is 11.6 Å². The molecule has 0 amide bonds. The molecule has 0 atom stereocenters. The van der Waals surface area contributed by atoms with Gasteiger partial charge in [0.1, 0.15) is 22.5 Å². The Morgan fingerprint density at radius 2 is 2.07 bits per heavy atom. The molecule has 28 heavy (non-hydrogen) atoms. The van der Waals surface area contributed by atoms with Crippen molar-refractivity contribution in [2.75, 3.05) is 19.6 Å². The van der Waals surface area contributed by atoms with Crippen molar-refractivity contribution in [2.45, 2.75) is 13.5 Å². The number of hydrogen-bond acceptors (Lipinski definition) is 7. The summed E-state index contributed by atoms with van der Waals surface area (Å²) in [6, 6.07) is 11.4. The smallest absolute Gasteiger partial charge is 0.164 e. The van der Waals surface area contributed by atoms with E-state index in [-0.39, 0.29) is 0 Å². The summed E-state index contributed by atoms with van der Waals surface area (Å²) in [7, 11) is 3.18. The van der Waals surface area contributed by atoms with Gasteiger partial charge in [-0.25, -0.2) is 9.97 Å². The number of anilines is 1. The number of benzene rings is 1. The lowest BCUT2D eigenvalue weighted by atomic mass is 10.1. The Morgan fingerprint density at radius 3 is 2.79 bits per heavy atom. The summed E-state index contributed by atoms with van der Waals surface area (Å²) in [5.74, 6) is 1.07. The average Bonchev–Trinajstić information content (AvgIpc) is 2.68. The maximum atomic E-state index is 9.46. The summed E-state index contributed by atoms with van der Waals surface area (Å²) >= 11 is 6.28. The van der Waals surface area contributed by atoms with Crippen LogP contribution in [0.4, 0.5) is 5.82 Å². The van der Waals surface area contributed by atoms with Crippen LogP contribution in [-0.2, 0) is 11.3 Å². The minimum atomic E-state index is 0.309. The third kappa shape index (κ3) is 4.19. The molecule has 142 valence electrons. The highest BCUT2D eigenvalue weighted by Gasteiger charge is 2.11. The van der Waals surface area contributed by atoms with Crippen molar-refractivity contribution >= 4 is 34.5 Å². The van der Waals surface area contributed by atoms with Crippen LogP contribution in [0.2, 0.25) is 5.15 Å². The van der Waals surface area contributed by atoms with E-state index in [2.05, 4.69) is 26.6 Å². The summed E-state index contributed by atoms with van der Waals surface area (Å²) in [5, 5.41) is 14.9. The van der Waals surface area contributed by atoms with Crippen LogP contribution in [0.3, 0.4) is 0 Å². The van der Waals surface area contributed by atoms with Gasteiger partial charge in [-0.05, 0) is 31.2 Å². The van der Waals surface area contributed by atoms with Gasteiger partial charge in [0.25, 0.3) is 0 Å². The van der Waals surface area contributed by atoms with Crippen LogP contribution in [0.1, 0.15) is 22.4 Å². The number of aryl methyl sites for hydroxylation is 1. The number of rotatable bonds is 6. The number of nitrogens with one attached hydrogen (secondary N) is 1. The first kappa shape index (κ1) is 19.5. The molecule has 0 fully saturated rings. The van der Waals surface area contributed by atoms with Crippen molar-refractivity contribution in [3.8, 4) is 11.8 Å². The first-order valence-corrected chi connectivity index (χ1v) is 8.76. The van der Waals surface area contributed by atoms with Crippen LogP contribution < -0.4 is 10.2 Å².